The third kappa shape index (κ3) is 5.09. The molecule has 3 aromatic carbocycles. The highest BCUT2D eigenvalue weighted by Gasteiger charge is 2.57. The highest BCUT2D eigenvalue weighted by molar-refractivity contribution is 5.91. The number of Topliss-reactive ketones (excluding diaryl/α,β-unsaturated/α-hetero) is 1. The van der Waals surface area contributed by atoms with Crippen molar-refractivity contribution in [1.82, 2.24) is 0 Å². The molecule has 0 saturated carbocycles. The summed E-state index contributed by atoms with van der Waals surface area (Å²) in [5.41, 5.74) is -5.72. The molecule has 5 heteroatoms. The second-order valence-electron chi connectivity index (χ2n) is 7.32. The third-order valence-electron chi connectivity index (χ3n) is 5.13. The van der Waals surface area contributed by atoms with E-state index in [4.69, 9.17) is 4.11 Å². The summed E-state index contributed by atoms with van der Waals surface area (Å²) in [5, 5.41) is 44.4. The summed E-state index contributed by atoms with van der Waals surface area (Å²) < 4.78 is 26.2. The van der Waals surface area contributed by atoms with Gasteiger partial charge in [0.25, 0.3) is 0 Å². The van der Waals surface area contributed by atoms with Crippen LogP contribution in [0.3, 0.4) is 0 Å². The smallest absolute Gasteiger partial charge is 0.172 e. The topological polar surface area (TPSA) is 98.0 Å². The molecule has 0 aliphatic heterocycles. The maximum atomic E-state index is 13.8. The van der Waals surface area contributed by atoms with Crippen molar-refractivity contribution in [2.75, 3.05) is 6.61 Å². The number of aliphatic hydroxyl groups is 4. The molecule has 0 heterocycles. The molecule has 0 aliphatic carbocycles. The maximum Gasteiger partial charge on any atom is 0.172 e. The van der Waals surface area contributed by atoms with Gasteiger partial charge in [-0.2, -0.15) is 0 Å². The van der Waals surface area contributed by atoms with E-state index in [0.29, 0.717) is 0 Å². The Bertz CT molecular complexity index is 1070. The molecule has 3 aromatic rings. The molecule has 0 radical (unpaired) electrons. The van der Waals surface area contributed by atoms with Crippen molar-refractivity contribution in [2.24, 2.45) is 0 Å². The minimum absolute atomic E-state index is 0.127. The lowest BCUT2D eigenvalue weighted by molar-refractivity contribution is -0.209. The number of hydrogen-bond acceptors (Lipinski definition) is 5. The summed E-state index contributed by atoms with van der Waals surface area (Å²) in [6.45, 7) is -1.09. The second kappa shape index (κ2) is 9.98. The Morgan fingerprint density at radius 2 is 1.19 bits per heavy atom. The molecule has 4 N–H and O–H groups in total. The van der Waals surface area contributed by atoms with Crippen LogP contribution in [-0.4, -0.2) is 50.1 Å². The monoisotopic (exact) mass is 423 g/mol. The first-order valence-corrected chi connectivity index (χ1v) is 9.89. The third-order valence-corrected chi connectivity index (χ3v) is 5.13. The van der Waals surface area contributed by atoms with Gasteiger partial charge >= 0.3 is 0 Å². The first kappa shape index (κ1) is 18.9. The van der Waals surface area contributed by atoms with E-state index < -0.39 is 48.9 Å². The van der Waals surface area contributed by atoms with Gasteiger partial charge in [0.2, 0.25) is 0 Å². The first-order chi connectivity index (χ1) is 16.2. The van der Waals surface area contributed by atoms with E-state index in [0.717, 1.165) is 0 Å². The van der Waals surface area contributed by atoms with E-state index in [-0.39, 0.29) is 16.7 Å². The van der Waals surface area contributed by atoms with Crippen molar-refractivity contribution in [1.29, 1.82) is 0 Å². The van der Waals surface area contributed by atoms with Gasteiger partial charge in [0.05, 0.1) is 6.61 Å². The Labute approximate surface area is 186 Å². The summed E-state index contributed by atoms with van der Waals surface area (Å²) in [5.74, 6) is -1.27. The number of rotatable bonds is 10. The normalized spacial score (nSPS) is 20.6. The van der Waals surface area contributed by atoms with E-state index in [2.05, 4.69) is 0 Å². The van der Waals surface area contributed by atoms with Crippen LogP contribution in [0, 0.1) is 0 Å². The van der Waals surface area contributed by atoms with Crippen LogP contribution in [0.2, 0.25) is 0 Å². The zero-order valence-corrected chi connectivity index (χ0v) is 16.9. The molecule has 0 aromatic heterocycles. The number of carbonyl (C=O) groups excluding carboxylic acids is 1. The van der Waals surface area contributed by atoms with Crippen LogP contribution in [0.5, 0.6) is 0 Å². The van der Waals surface area contributed by atoms with E-state index in [9.17, 15) is 25.2 Å². The molecule has 6 atom stereocenters. The van der Waals surface area contributed by atoms with Gasteiger partial charge < -0.3 is 20.4 Å². The van der Waals surface area contributed by atoms with E-state index in [1.54, 1.807) is 54.6 Å². The van der Waals surface area contributed by atoms with Gasteiger partial charge in [-0.05, 0) is 16.7 Å². The predicted molar refractivity (Wildman–Crippen MR) is 118 cm³/mol. The molecular weight excluding hydrogens is 392 g/mol. The van der Waals surface area contributed by atoms with Gasteiger partial charge in [0, 0.05) is 23.3 Å². The average molecular weight is 424 g/mol. The zero-order chi connectivity index (χ0) is 24.9. The zero-order valence-electron chi connectivity index (χ0n) is 19.9. The number of hydrogen-bond donors (Lipinski definition) is 4. The molecule has 3 rings (SSSR count). The molecule has 3 unspecified atom stereocenters. The van der Waals surface area contributed by atoms with Gasteiger partial charge in [0.1, 0.15) is 11.7 Å². The Kier molecular flexibility index (Phi) is 6.09. The fourth-order valence-electron chi connectivity index (χ4n) is 3.39. The summed E-state index contributed by atoms with van der Waals surface area (Å²) in [6.07, 6.45) is -7.64. The summed E-state index contributed by atoms with van der Waals surface area (Å²) in [6, 6.07) is 23.4. The van der Waals surface area contributed by atoms with Crippen LogP contribution in [0.1, 0.15) is 20.8 Å². The number of carbonyl (C=O) groups is 1. The fraction of sp³-hybridized carbons (Fsp3) is 0.269. The van der Waals surface area contributed by atoms with Crippen LogP contribution in [0.4, 0.5) is 0 Å². The lowest BCUT2D eigenvalue weighted by atomic mass is 9.68. The molecule has 5 nitrogen and oxygen atoms in total. The molecular formula is C26H28O5. The molecule has 0 amide bonds. The SMILES string of the molecule is [2H]C(C(=O)[C@@](O)(C([2H])c1ccccc1)[C@](O)(C([2H])c1ccccc1)[C@H](O)CO)c1ccccc1. The van der Waals surface area contributed by atoms with Crippen LogP contribution in [0.25, 0.3) is 0 Å². The van der Waals surface area contributed by atoms with Crippen molar-refractivity contribution >= 4 is 5.78 Å². The lowest BCUT2D eigenvalue weighted by Crippen LogP contribution is -2.68. The maximum absolute atomic E-state index is 13.8. The minimum Gasteiger partial charge on any atom is -0.394 e. The van der Waals surface area contributed by atoms with Gasteiger partial charge in [-0.25, -0.2) is 0 Å². The van der Waals surface area contributed by atoms with E-state index in [1.807, 2.05) is 0 Å². The second-order valence-corrected chi connectivity index (χ2v) is 7.32. The lowest BCUT2D eigenvalue weighted by Gasteiger charge is -2.45. The Morgan fingerprint density at radius 3 is 1.65 bits per heavy atom. The van der Waals surface area contributed by atoms with Crippen molar-refractivity contribution in [3.63, 3.8) is 0 Å². The first-order valence-electron chi connectivity index (χ1n) is 11.6. The quantitative estimate of drug-likeness (QED) is 0.400. The molecule has 162 valence electrons. The Morgan fingerprint density at radius 1 is 0.774 bits per heavy atom. The van der Waals surface area contributed by atoms with Crippen LogP contribution in [-0.2, 0) is 24.0 Å². The minimum atomic E-state index is -3.15. The molecule has 0 aliphatic rings. The van der Waals surface area contributed by atoms with Gasteiger partial charge in [-0.15, -0.1) is 0 Å². The summed E-state index contributed by atoms with van der Waals surface area (Å²) in [4.78, 5) is 13.8. The molecule has 31 heavy (non-hydrogen) atoms. The van der Waals surface area contributed by atoms with E-state index >= 15 is 0 Å². The van der Waals surface area contributed by atoms with Crippen molar-refractivity contribution < 1.29 is 29.3 Å². The largest absolute Gasteiger partial charge is 0.394 e. The highest BCUT2D eigenvalue weighted by atomic mass is 16.4. The molecule has 0 fully saturated rings. The number of aliphatic hydroxyl groups excluding tert-OH is 2. The van der Waals surface area contributed by atoms with Crippen LogP contribution < -0.4 is 0 Å². The van der Waals surface area contributed by atoms with Crippen LogP contribution >= 0.6 is 0 Å². The molecule has 0 spiro atoms. The fourth-order valence-corrected chi connectivity index (χ4v) is 3.39. The van der Waals surface area contributed by atoms with Gasteiger partial charge in [-0.1, -0.05) is 91.0 Å². The standard InChI is InChI=1S/C26H28O5/c27-19-24(29)26(31,18-22-14-8-3-9-15-22)25(30,17-21-12-6-2-7-13-21)23(28)16-20-10-4-1-5-11-20/h1-15,24,27,29-31H,16-19H2/t24-,25+,26+/m1/s1/i16D,17D,18D/t16?,17?,18?,24-,25+,26+. The van der Waals surface area contributed by atoms with Crippen LogP contribution in [0.15, 0.2) is 91.0 Å². The Balaban J connectivity index is 2.25. The van der Waals surface area contributed by atoms with Gasteiger partial charge in [-0.3, -0.25) is 4.79 Å². The number of ketones is 1. The van der Waals surface area contributed by atoms with Crippen molar-refractivity contribution in [3.8, 4) is 0 Å². The highest BCUT2D eigenvalue weighted by Crippen LogP contribution is 2.35. The Hall–Kier alpha value is -2.83. The summed E-state index contributed by atoms with van der Waals surface area (Å²) in [7, 11) is 0. The van der Waals surface area contributed by atoms with Crippen molar-refractivity contribution in [3.05, 3.63) is 108 Å². The van der Waals surface area contributed by atoms with Crippen molar-refractivity contribution in [2.45, 2.75) is 36.5 Å². The van der Waals surface area contributed by atoms with E-state index in [1.165, 1.54) is 36.4 Å². The molecule has 0 saturated heterocycles. The van der Waals surface area contributed by atoms with Gasteiger partial charge in [0.15, 0.2) is 11.4 Å². The average Bonchev–Trinajstić information content (AvgIpc) is 2.91. The molecule has 0 bridgehead atoms. The predicted octanol–water partition coefficient (Wildman–Crippen LogP) is 2.10. The summed E-state index contributed by atoms with van der Waals surface area (Å²) >= 11 is 0. The number of benzene rings is 3.